The van der Waals surface area contributed by atoms with Crippen LogP contribution in [-0.2, 0) is 0 Å². The molecule has 0 bridgehead atoms. The first kappa shape index (κ1) is 12.7. The molecule has 2 aromatic carbocycles. The zero-order chi connectivity index (χ0) is 13.1. The quantitative estimate of drug-likeness (QED) is 0.826. The highest BCUT2D eigenvalue weighted by Gasteiger charge is 2.12. The van der Waals surface area contributed by atoms with Crippen LogP contribution in [0.5, 0.6) is 5.75 Å². The number of hydrogen-bond donors (Lipinski definition) is 1. The van der Waals surface area contributed by atoms with E-state index < -0.39 is 0 Å². The molecule has 0 heterocycles. The lowest BCUT2D eigenvalue weighted by atomic mass is 9.95. The summed E-state index contributed by atoms with van der Waals surface area (Å²) in [7, 11) is 1.69. The SMILES string of the molecule is C=C(C)C[C@@H](N)c1ccc(OC)c2ccccc12. The summed E-state index contributed by atoms with van der Waals surface area (Å²) in [6.07, 6.45) is 0.802. The molecule has 94 valence electrons. The summed E-state index contributed by atoms with van der Waals surface area (Å²) in [5.41, 5.74) is 8.50. The van der Waals surface area contributed by atoms with Crippen LogP contribution < -0.4 is 10.5 Å². The number of hydrogen-bond acceptors (Lipinski definition) is 2. The highest BCUT2D eigenvalue weighted by molar-refractivity contribution is 5.91. The molecule has 0 aliphatic rings. The minimum absolute atomic E-state index is 0.0155. The van der Waals surface area contributed by atoms with Crippen LogP contribution in [0.15, 0.2) is 48.6 Å². The van der Waals surface area contributed by atoms with Crippen molar-refractivity contribution in [1.82, 2.24) is 0 Å². The maximum absolute atomic E-state index is 6.25. The molecule has 2 aromatic rings. The lowest BCUT2D eigenvalue weighted by Crippen LogP contribution is -2.11. The number of fused-ring (bicyclic) bond motifs is 1. The fraction of sp³-hybridized carbons (Fsp3) is 0.250. The Labute approximate surface area is 108 Å². The van der Waals surface area contributed by atoms with Gasteiger partial charge in [-0.2, -0.15) is 0 Å². The van der Waals surface area contributed by atoms with Crippen molar-refractivity contribution in [3.05, 3.63) is 54.1 Å². The molecule has 0 amide bonds. The molecular weight excluding hydrogens is 222 g/mol. The average Bonchev–Trinajstić information content (AvgIpc) is 2.36. The van der Waals surface area contributed by atoms with Crippen molar-refractivity contribution in [1.29, 1.82) is 0 Å². The molecule has 1 atom stereocenters. The minimum atomic E-state index is -0.0155. The van der Waals surface area contributed by atoms with E-state index in [2.05, 4.69) is 24.8 Å². The highest BCUT2D eigenvalue weighted by atomic mass is 16.5. The summed E-state index contributed by atoms with van der Waals surface area (Å²) in [4.78, 5) is 0. The van der Waals surface area contributed by atoms with Gasteiger partial charge in [0.25, 0.3) is 0 Å². The Hall–Kier alpha value is -1.80. The maximum atomic E-state index is 6.25. The topological polar surface area (TPSA) is 35.2 Å². The number of nitrogens with two attached hydrogens (primary N) is 1. The van der Waals surface area contributed by atoms with Gasteiger partial charge in [0.2, 0.25) is 0 Å². The molecule has 0 aliphatic carbocycles. The van der Waals surface area contributed by atoms with Crippen LogP contribution in [0.4, 0.5) is 0 Å². The minimum Gasteiger partial charge on any atom is -0.496 e. The number of ether oxygens (including phenoxy) is 1. The van der Waals surface area contributed by atoms with Crippen molar-refractivity contribution in [2.45, 2.75) is 19.4 Å². The smallest absolute Gasteiger partial charge is 0.126 e. The fourth-order valence-corrected chi connectivity index (χ4v) is 2.28. The molecule has 0 aromatic heterocycles. The molecule has 0 fully saturated rings. The van der Waals surface area contributed by atoms with E-state index in [1.54, 1.807) is 7.11 Å². The first-order valence-electron chi connectivity index (χ1n) is 6.09. The van der Waals surface area contributed by atoms with Gasteiger partial charge in [-0.05, 0) is 30.4 Å². The first-order chi connectivity index (χ1) is 8.63. The molecule has 0 aliphatic heterocycles. The number of rotatable bonds is 4. The van der Waals surface area contributed by atoms with Crippen molar-refractivity contribution >= 4 is 10.8 Å². The zero-order valence-corrected chi connectivity index (χ0v) is 10.9. The van der Waals surface area contributed by atoms with Crippen LogP contribution in [0.3, 0.4) is 0 Å². The second-order valence-electron chi connectivity index (χ2n) is 4.67. The normalized spacial score (nSPS) is 12.4. The predicted molar refractivity (Wildman–Crippen MR) is 76.9 cm³/mol. The summed E-state index contributed by atoms with van der Waals surface area (Å²) in [6.45, 7) is 5.94. The molecule has 0 unspecified atom stereocenters. The number of benzene rings is 2. The second kappa shape index (κ2) is 5.23. The van der Waals surface area contributed by atoms with E-state index in [-0.39, 0.29) is 6.04 Å². The van der Waals surface area contributed by atoms with Gasteiger partial charge in [-0.3, -0.25) is 0 Å². The predicted octanol–water partition coefficient (Wildman–Crippen LogP) is 3.81. The van der Waals surface area contributed by atoms with Gasteiger partial charge < -0.3 is 10.5 Å². The average molecular weight is 241 g/mol. The fourth-order valence-electron chi connectivity index (χ4n) is 2.28. The Kier molecular flexibility index (Phi) is 3.68. The molecule has 2 heteroatoms. The first-order valence-corrected chi connectivity index (χ1v) is 6.09. The highest BCUT2D eigenvalue weighted by Crippen LogP contribution is 2.32. The molecule has 0 saturated carbocycles. The molecule has 0 radical (unpaired) electrons. The Morgan fingerprint density at radius 1 is 1.22 bits per heavy atom. The largest absolute Gasteiger partial charge is 0.496 e. The second-order valence-corrected chi connectivity index (χ2v) is 4.67. The summed E-state index contributed by atoms with van der Waals surface area (Å²) in [5.74, 6) is 0.886. The molecule has 2 rings (SSSR count). The monoisotopic (exact) mass is 241 g/mol. The van der Waals surface area contributed by atoms with Crippen molar-refractivity contribution in [3.63, 3.8) is 0 Å². The standard InChI is InChI=1S/C16H19NO/c1-11(2)10-15(17)13-8-9-16(18-3)14-7-5-4-6-12(13)14/h4-9,15H,1,10,17H2,2-3H3/t15-/m1/s1. The molecular formula is C16H19NO. The van der Waals surface area contributed by atoms with Crippen LogP contribution in [0.2, 0.25) is 0 Å². The van der Waals surface area contributed by atoms with E-state index >= 15 is 0 Å². The lowest BCUT2D eigenvalue weighted by Gasteiger charge is -2.16. The van der Waals surface area contributed by atoms with E-state index in [0.29, 0.717) is 0 Å². The van der Waals surface area contributed by atoms with Crippen LogP contribution in [0.1, 0.15) is 24.9 Å². The summed E-state index contributed by atoms with van der Waals surface area (Å²) >= 11 is 0. The van der Waals surface area contributed by atoms with Gasteiger partial charge in [0.1, 0.15) is 5.75 Å². The third-order valence-electron chi connectivity index (χ3n) is 3.11. The van der Waals surface area contributed by atoms with E-state index in [0.717, 1.165) is 34.1 Å². The Balaban J connectivity index is 2.55. The zero-order valence-electron chi connectivity index (χ0n) is 10.9. The van der Waals surface area contributed by atoms with Gasteiger partial charge in [-0.1, -0.05) is 35.9 Å². The van der Waals surface area contributed by atoms with Gasteiger partial charge in [-0.15, -0.1) is 6.58 Å². The van der Waals surface area contributed by atoms with Gasteiger partial charge >= 0.3 is 0 Å². The van der Waals surface area contributed by atoms with E-state index in [1.165, 1.54) is 0 Å². The van der Waals surface area contributed by atoms with Crippen molar-refractivity contribution in [3.8, 4) is 5.75 Å². The van der Waals surface area contributed by atoms with Crippen molar-refractivity contribution in [2.24, 2.45) is 5.73 Å². The lowest BCUT2D eigenvalue weighted by molar-refractivity contribution is 0.419. The van der Waals surface area contributed by atoms with Crippen molar-refractivity contribution in [2.75, 3.05) is 7.11 Å². The Bertz CT molecular complexity index is 574. The van der Waals surface area contributed by atoms with Gasteiger partial charge in [0.05, 0.1) is 7.11 Å². The van der Waals surface area contributed by atoms with Crippen molar-refractivity contribution < 1.29 is 4.74 Å². The van der Waals surface area contributed by atoms with Gasteiger partial charge in [0.15, 0.2) is 0 Å². The third-order valence-corrected chi connectivity index (χ3v) is 3.11. The van der Waals surface area contributed by atoms with Gasteiger partial charge in [-0.25, -0.2) is 0 Å². The van der Waals surface area contributed by atoms with Gasteiger partial charge in [0, 0.05) is 11.4 Å². The van der Waals surface area contributed by atoms with Crippen LogP contribution in [0, 0.1) is 0 Å². The van der Waals surface area contributed by atoms with Crippen LogP contribution in [-0.4, -0.2) is 7.11 Å². The maximum Gasteiger partial charge on any atom is 0.126 e. The molecule has 0 spiro atoms. The Morgan fingerprint density at radius 3 is 2.50 bits per heavy atom. The van der Waals surface area contributed by atoms with E-state index in [4.69, 9.17) is 10.5 Å². The molecule has 2 N–H and O–H groups in total. The summed E-state index contributed by atoms with van der Waals surface area (Å²) < 4.78 is 5.38. The summed E-state index contributed by atoms with van der Waals surface area (Å²) in [6, 6.07) is 12.2. The third kappa shape index (κ3) is 2.39. The Morgan fingerprint density at radius 2 is 1.89 bits per heavy atom. The molecule has 18 heavy (non-hydrogen) atoms. The van der Waals surface area contributed by atoms with Crippen LogP contribution >= 0.6 is 0 Å². The molecule has 2 nitrogen and oxygen atoms in total. The summed E-state index contributed by atoms with van der Waals surface area (Å²) in [5, 5.41) is 2.26. The van der Waals surface area contributed by atoms with E-state index in [1.807, 2.05) is 25.1 Å². The van der Waals surface area contributed by atoms with Crippen LogP contribution in [0.25, 0.3) is 10.8 Å². The van der Waals surface area contributed by atoms with E-state index in [9.17, 15) is 0 Å². The number of methoxy groups -OCH3 is 1. The molecule has 0 saturated heterocycles.